The van der Waals surface area contributed by atoms with E-state index in [1.807, 2.05) is 19.1 Å². The number of aliphatic hydroxyl groups excluding tert-OH is 1. The van der Waals surface area contributed by atoms with Gasteiger partial charge >= 0.3 is 0 Å². The molecule has 2 nitrogen and oxygen atoms in total. The Labute approximate surface area is 83.1 Å². The van der Waals surface area contributed by atoms with Crippen molar-refractivity contribution in [3.05, 3.63) is 29.3 Å². The summed E-state index contributed by atoms with van der Waals surface area (Å²) < 4.78 is 5.31. The maximum Gasteiger partial charge on any atom is 0.120 e. The molecule has 3 heteroatoms. The lowest BCUT2D eigenvalue weighted by Crippen LogP contribution is -2.15. The molecule has 0 saturated heterocycles. The normalized spacial score (nSPS) is 12.5. The third-order valence-corrected chi connectivity index (χ3v) is 1.94. The number of aliphatic hydroxyl groups is 1. The second-order valence-corrected chi connectivity index (χ2v) is 3.27. The molecule has 1 N–H and O–H groups in total. The van der Waals surface area contributed by atoms with Gasteiger partial charge < -0.3 is 9.84 Å². The van der Waals surface area contributed by atoms with Gasteiger partial charge in [0, 0.05) is 5.02 Å². The van der Waals surface area contributed by atoms with Crippen molar-refractivity contribution in [2.75, 3.05) is 6.61 Å². The molecule has 0 spiro atoms. The highest BCUT2D eigenvalue weighted by molar-refractivity contribution is 6.30. The zero-order valence-electron chi connectivity index (χ0n) is 7.53. The first-order valence-corrected chi connectivity index (χ1v) is 4.66. The van der Waals surface area contributed by atoms with Crippen molar-refractivity contribution in [2.45, 2.75) is 19.4 Å². The summed E-state index contributed by atoms with van der Waals surface area (Å²) in [4.78, 5) is 0. The quantitative estimate of drug-likeness (QED) is 0.809. The van der Waals surface area contributed by atoms with Gasteiger partial charge in [-0.1, -0.05) is 24.6 Å². The monoisotopic (exact) mass is 200 g/mol. The predicted octanol–water partition coefficient (Wildman–Crippen LogP) is 2.49. The highest BCUT2D eigenvalue weighted by atomic mass is 35.5. The fourth-order valence-corrected chi connectivity index (χ4v) is 1.05. The molecule has 0 heterocycles. The summed E-state index contributed by atoms with van der Waals surface area (Å²) in [7, 11) is 0. The zero-order valence-corrected chi connectivity index (χ0v) is 8.29. The Balaban J connectivity index is 2.45. The summed E-state index contributed by atoms with van der Waals surface area (Å²) in [5.74, 6) is 0.694. The SMILES string of the molecule is CC[C@@H](O)COc1cccc(Cl)c1. The van der Waals surface area contributed by atoms with E-state index in [4.69, 9.17) is 16.3 Å². The lowest BCUT2D eigenvalue weighted by Gasteiger charge is -2.09. The number of halogens is 1. The summed E-state index contributed by atoms with van der Waals surface area (Å²) in [5.41, 5.74) is 0. The van der Waals surface area contributed by atoms with Gasteiger partial charge in [-0.05, 0) is 24.6 Å². The maximum absolute atomic E-state index is 9.23. The molecule has 1 rings (SSSR count). The Kier molecular flexibility index (Phi) is 4.06. The van der Waals surface area contributed by atoms with Gasteiger partial charge in [0.2, 0.25) is 0 Å². The summed E-state index contributed by atoms with van der Waals surface area (Å²) in [6.45, 7) is 2.23. The van der Waals surface area contributed by atoms with Crippen molar-refractivity contribution in [2.24, 2.45) is 0 Å². The molecule has 1 atom stereocenters. The molecule has 0 aliphatic heterocycles. The lowest BCUT2D eigenvalue weighted by atomic mass is 10.3. The standard InChI is InChI=1S/C10H13ClO2/c1-2-9(12)7-13-10-5-3-4-8(11)6-10/h3-6,9,12H,2,7H2,1H3/t9-/m1/s1. The molecule has 72 valence electrons. The number of ether oxygens (including phenoxy) is 1. The maximum atomic E-state index is 9.23. The fourth-order valence-electron chi connectivity index (χ4n) is 0.867. The second kappa shape index (κ2) is 5.10. The van der Waals surface area contributed by atoms with Crippen molar-refractivity contribution >= 4 is 11.6 Å². The Morgan fingerprint density at radius 3 is 2.92 bits per heavy atom. The van der Waals surface area contributed by atoms with Crippen LogP contribution in [0.1, 0.15) is 13.3 Å². The lowest BCUT2D eigenvalue weighted by molar-refractivity contribution is 0.104. The van der Waals surface area contributed by atoms with Crippen molar-refractivity contribution in [3.63, 3.8) is 0 Å². The highest BCUT2D eigenvalue weighted by Crippen LogP contribution is 2.17. The van der Waals surface area contributed by atoms with Crippen molar-refractivity contribution in [3.8, 4) is 5.75 Å². The molecule has 0 aliphatic carbocycles. The van der Waals surface area contributed by atoms with Gasteiger partial charge in [-0.15, -0.1) is 0 Å². The van der Waals surface area contributed by atoms with E-state index in [0.717, 1.165) is 0 Å². The van der Waals surface area contributed by atoms with Crippen LogP contribution in [-0.2, 0) is 0 Å². The van der Waals surface area contributed by atoms with Crippen LogP contribution < -0.4 is 4.74 Å². The molecule has 0 unspecified atom stereocenters. The molecular formula is C10H13ClO2. The summed E-state index contributed by atoms with van der Waals surface area (Å²) in [5, 5.41) is 9.87. The van der Waals surface area contributed by atoms with Gasteiger partial charge in [0.15, 0.2) is 0 Å². The van der Waals surface area contributed by atoms with E-state index in [1.54, 1.807) is 12.1 Å². The Bertz CT molecular complexity index is 263. The van der Waals surface area contributed by atoms with Crippen molar-refractivity contribution in [1.29, 1.82) is 0 Å². The third kappa shape index (κ3) is 3.66. The largest absolute Gasteiger partial charge is 0.491 e. The second-order valence-electron chi connectivity index (χ2n) is 2.83. The first-order valence-electron chi connectivity index (χ1n) is 4.28. The van der Waals surface area contributed by atoms with Crippen LogP contribution in [0.5, 0.6) is 5.75 Å². The smallest absolute Gasteiger partial charge is 0.120 e. The highest BCUT2D eigenvalue weighted by Gasteiger charge is 2.01. The number of benzene rings is 1. The van der Waals surface area contributed by atoms with E-state index < -0.39 is 6.10 Å². The molecule has 0 aromatic heterocycles. The molecule has 13 heavy (non-hydrogen) atoms. The minimum atomic E-state index is -0.404. The Hall–Kier alpha value is -0.730. The van der Waals surface area contributed by atoms with Crippen LogP contribution in [0.4, 0.5) is 0 Å². The van der Waals surface area contributed by atoms with E-state index in [9.17, 15) is 5.11 Å². The number of hydrogen-bond acceptors (Lipinski definition) is 2. The van der Waals surface area contributed by atoms with Gasteiger partial charge in [0.05, 0.1) is 6.10 Å². The zero-order chi connectivity index (χ0) is 9.68. The van der Waals surface area contributed by atoms with E-state index in [-0.39, 0.29) is 0 Å². The van der Waals surface area contributed by atoms with Gasteiger partial charge in [-0.3, -0.25) is 0 Å². The molecule has 0 fully saturated rings. The fraction of sp³-hybridized carbons (Fsp3) is 0.400. The van der Waals surface area contributed by atoms with Crippen LogP contribution in [0.2, 0.25) is 5.02 Å². The van der Waals surface area contributed by atoms with Crippen LogP contribution in [0.3, 0.4) is 0 Å². The van der Waals surface area contributed by atoms with Gasteiger partial charge in [0.1, 0.15) is 12.4 Å². The first-order chi connectivity index (χ1) is 6.22. The predicted molar refractivity (Wildman–Crippen MR) is 53.2 cm³/mol. The number of hydrogen-bond donors (Lipinski definition) is 1. The van der Waals surface area contributed by atoms with Crippen LogP contribution in [0.25, 0.3) is 0 Å². The molecule has 0 radical (unpaired) electrons. The summed E-state index contributed by atoms with van der Waals surface area (Å²) in [6.07, 6.45) is 0.291. The van der Waals surface area contributed by atoms with E-state index >= 15 is 0 Å². The van der Waals surface area contributed by atoms with E-state index in [2.05, 4.69) is 0 Å². The summed E-state index contributed by atoms with van der Waals surface area (Å²) in [6, 6.07) is 7.14. The van der Waals surface area contributed by atoms with Crippen LogP contribution in [-0.4, -0.2) is 17.8 Å². The van der Waals surface area contributed by atoms with E-state index in [1.165, 1.54) is 0 Å². The molecular weight excluding hydrogens is 188 g/mol. The molecule has 1 aromatic rings. The Morgan fingerprint density at radius 2 is 2.31 bits per heavy atom. The van der Waals surface area contributed by atoms with Crippen LogP contribution >= 0.6 is 11.6 Å². The average Bonchev–Trinajstić information content (AvgIpc) is 2.14. The molecule has 0 bridgehead atoms. The minimum Gasteiger partial charge on any atom is -0.491 e. The Morgan fingerprint density at radius 1 is 1.54 bits per heavy atom. The molecule has 0 saturated carbocycles. The van der Waals surface area contributed by atoms with E-state index in [0.29, 0.717) is 23.8 Å². The van der Waals surface area contributed by atoms with Gasteiger partial charge in [0.25, 0.3) is 0 Å². The van der Waals surface area contributed by atoms with Gasteiger partial charge in [-0.2, -0.15) is 0 Å². The number of rotatable bonds is 4. The minimum absolute atomic E-state index is 0.316. The molecule has 0 aliphatic rings. The average molecular weight is 201 g/mol. The third-order valence-electron chi connectivity index (χ3n) is 1.71. The first kappa shape index (κ1) is 10.4. The van der Waals surface area contributed by atoms with Crippen LogP contribution in [0.15, 0.2) is 24.3 Å². The van der Waals surface area contributed by atoms with Crippen molar-refractivity contribution in [1.82, 2.24) is 0 Å². The topological polar surface area (TPSA) is 29.5 Å². The molecule has 0 amide bonds. The van der Waals surface area contributed by atoms with Gasteiger partial charge in [-0.25, -0.2) is 0 Å². The summed E-state index contributed by atoms with van der Waals surface area (Å²) >= 11 is 5.75. The van der Waals surface area contributed by atoms with Crippen molar-refractivity contribution < 1.29 is 9.84 Å². The molecule has 1 aromatic carbocycles. The van der Waals surface area contributed by atoms with Crippen LogP contribution in [0, 0.1) is 0 Å².